The lowest BCUT2D eigenvalue weighted by Crippen LogP contribution is -2.48. The Hall–Kier alpha value is -2.98. The van der Waals surface area contributed by atoms with Crippen molar-refractivity contribution in [1.29, 1.82) is 0 Å². The van der Waals surface area contributed by atoms with E-state index in [1.165, 1.54) is 43.5 Å². The molecule has 2 aliphatic rings. The van der Waals surface area contributed by atoms with E-state index < -0.39 is 0 Å². The molecule has 1 saturated heterocycles. The van der Waals surface area contributed by atoms with Crippen LogP contribution in [0.5, 0.6) is 11.5 Å². The Labute approximate surface area is 203 Å². The predicted octanol–water partition coefficient (Wildman–Crippen LogP) is 6.10. The number of rotatable bonds is 7. The lowest BCUT2D eigenvalue weighted by molar-refractivity contribution is 0.183. The van der Waals surface area contributed by atoms with Gasteiger partial charge in [0.1, 0.15) is 18.1 Å². The third-order valence-corrected chi connectivity index (χ3v) is 7.88. The highest BCUT2D eigenvalue weighted by atomic mass is 16.5. The number of ether oxygens (including phenoxy) is 1. The van der Waals surface area contributed by atoms with Gasteiger partial charge in [-0.3, -0.25) is 4.90 Å². The minimum atomic E-state index is -0.332. The van der Waals surface area contributed by atoms with Crippen LogP contribution in [0.25, 0.3) is 0 Å². The molecule has 3 aromatic rings. The average molecular weight is 457 g/mol. The summed E-state index contributed by atoms with van der Waals surface area (Å²) in [5, 5.41) is 14.1. The summed E-state index contributed by atoms with van der Waals surface area (Å²) >= 11 is 0. The monoisotopic (exact) mass is 456 g/mol. The number of nitrogens with zero attached hydrogens (tertiary/aromatic N) is 1. The molecule has 0 spiro atoms. The predicted molar refractivity (Wildman–Crippen MR) is 139 cm³/mol. The van der Waals surface area contributed by atoms with Gasteiger partial charge < -0.3 is 15.2 Å². The van der Waals surface area contributed by atoms with Gasteiger partial charge in [-0.15, -0.1) is 0 Å². The molecule has 1 fully saturated rings. The number of piperidine rings is 1. The van der Waals surface area contributed by atoms with Gasteiger partial charge in [0.05, 0.1) is 5.54 Å². The number of aromatic hydroxyl groups is 1. The molecule has 2 heterocycles. The fraction of sp³-hybridized carbons (Fsp3) is 0.400. The lowest BCUT2D eigenvalue weighted by atomic mass is 9.64. The highest BCUT2D eigenvalue weighted by Crippen LogP contribution is 2.54. The van der Waals surface area contributed by atoms with Gasteiger partial charge in [0.25, 0.3) is 0 Å². The number of hydrogen-bond donors (Lipinski definition) is 2. The SMILES string of the molecule is CC1(C)c2cc(O)ccc2NC1(Cc1ccc(OCCN2CCCCC2)cc1)c1ccccc1. The van der Waals surface area contributed by atoms with Crippen molar-refractivity contribution in [3.05, 3.63) is 89.5 Å². The zero-order valence-corrected chi connectivity index (χ0v) is 20.4. The fourth-order valence-corrected chi connectivity index (χ4v) is 5.78. The topological polar surface area (TPSA) is 44.7 Å². The van der Waals surface area contributed by atoms with Crippen LogP contribution in [0.4, 0.5) is 5.69 Å². The van der Waals surface area contributed by atoms with E-state index in [2.05, 4.69) is 78.7 Å². The first-order valence-corrected chi connectivity index (χ1v) is 12.6. The van der Waals surface area contributed by atoms with Crippen molar-refractivity contribution in [3.63, 3.8) is 0 Å². The summed E-state index contributed by atoms with van der Waals surface area (Å²) in [4.78, 5) is 2.50. The summed E-state index contributed by atoms with van der Waals surface area (Å²) in [6, 6.07) is 24.9. The normalized spacial score (nSPS) is 21.6. The van der Waals surface area contributed by atoms with Crippen molar-refractivity contribution in [1.82, 2.24) is 4.90 Å². The van der Waals surface area contributed by atoms with E-state index in [1.807, 2.05) is 12.1 Å². The van der Waals surface area contributed by atoms with E-state index in [0.29, 0.717) is 5.75 Å². The zero-order valence-electron chi connectivity index (χ0n) is 20.4. The van der Waals surface area contributed by atoms with Gasteiger partial charge in [-0.25, -0.2) is 0 Å². The van der Waals surface area contributed by atoms with Crippen LogP contribution < -0.4 is 10.1 Å². The number of anilines is 1. The largest absolute Gasteiger partial charge is 0.508 e. The van der Waals surface area contributed by atoms with Crippen molar-refractivity contribution in [2.24, 2.45) is 0 Å². The third kappa shape index (κ3) is 4.27. The van der Waals surface area contributed by atoms with Gasteiger partial charge in [-0.2, -0.15) is 0 Å². The summed E-state index contributed by atoms with van der Waals surface area (Å²) in [5.41, 5.74) is 4.17. The number of hydrogen-bond acceptors (Lipinski definition) is 4. The molecule has 0 radical (unpaired) electrons. The van der Waals surface area contributed by atoms with Crippen molar-refractivity contribution >= 4 is 5.69 Å². The van der Waals surface area contributed by atoms with Crippen LogP contribution in [-0.4, -0.2) is 36.2 Å². The molecule has 1 unspecified atom stereocenters. The molecular formula is C30H36N2O2. The molecule has 0 bridgehead atoms. The molecule has 5 rings (SSSR count). The first-order chi connectivity index (χ1) is 16.5. The third-order valence-electron chi connectivity index (χ3n) is 7.88. The standard InChI is InChI=1S/C30H36N2O2/c1-29(2)27-21-25(33)13-16-28(27)31-30(29,24-9-5-3-6-10-24)22-23-11-14-26(15-12-23)34-20-19-32-17-7-4-8-18-32/h3,5-6,9-16,21,31,33H,4,7-8,17-20,22H2,1-2H3. The number of phenols is 1. The highest BCUT2D eigenvalue weighted by Gasteiger charge is 2.53. The Morgan fingerprint density at radius 2 is 1.65 bits per heavy atom. The molecule has 34 heavy (non-hydrogen) atoms. The molecule has 2 aliphatic heterocycles. The van der Waals surface area contributed by atoms with Gasteiger partial charge >= 0.3 is 0 Å². The molecular weight excluding hydrogens is 420 g/mol. The second-order valence-corrected chi connectivity index (χ2v) is 10.3. The second-order valence-electron chi connectivity index (χ2n) is 10.3. The summed E-state index contributed by atoms with van der Waals surface area (Å²) < 4.78 is 6.06. The Morgan fingerprint density at radius 1 is 0.912 bits per heavy atom. The number of nitrogens with one attached hydrogen (secondary N) is 1. The Balaban J connectivity index is 1.36. The number of fused-ring (bicyclic) bond motifs is 1. The molecule has 4 heteroatoms. The summed E-state index contributed by atoms with van der Waals surface area (Å²) in [6.45, 7) is 8.69. The minimum absolute atomic E-state index is 0.230. The average Bonchev–Trinajstić information content (AvgIpc) is 3.08. The van der Waals surface area contributed by atoms with Crippen molar-refractivity contribution in [3.8, 4) is 11.5 Å². The lowest BCUT2D eigenvalue weighted by Gasteiger charge is -2.43. The van der Waals surface area contributed by atoms with Gasteiger partial charge in [0, 0.05) is 24.1 Å². The van der Waals surface area contributed by atoms with Gasteiger partial charge in [-0.05, 0) is 73.0 Å². The van der Waals surface area contributed by atoms with Crippen molar-refractivity contribution in [2.75, 3.05) is 31.6 Å². The van der Waals surface area contributed by atoms with E-state index in [1.54, 1.807) is 6.07 Å². The van der Waals surface area contributed by atoms with Gasteiger partial charge in [-0.1, -0.05) is 62.7 Å². The van der Waals surface area contributed by atoms with E-state index >= 15 is 0 Å². The first-order valence-electron chi connectivity index (χ1n) is 12.6. The Kier molecular flexibility index (Phi) is 6.26. The van der Waals surface area contributed by atoms with Crippen LogP contribution in [0.3, 0.4) is 0 Å². The van der Waals surface area contributed by atoms with E-state index in [0.717, 1.165) is 36.6 Å². The molecule has 2 N–H and O–H groups in total. The molecule has 0 aromatic heterocycles. The highest BCUT2D eigenvalue weighted by molar-refractivity contribution is 5.68. The second kappa shape index (κ2) is 9.34. The van der Waals surface area contributed by atoms with Gasteiger partial charge in [0.15, 0.2) is 0 Å². The molecule has 0 amide bonds. The Bertz CT molecular complexity index is 1100. The van der Waals surface area contributed by atoms with E-state index in [9.17, 15) is 5.11 Å². The van der Waals surface area contributed by atoms with Crippen LogP contribution in [0.1, 0.15) is 49.8 Å². The fourth-order valence-electron chi connectivity index (χ4n) is 5.78. The van der Waals surface area contributed by atoms with Crippen LogP contribution in [-0.2, 0) is 17.4 Å². The van der Waals surface area contributed by atoms with Crippen molar-refractivity contribution < 1.29 is 9.84 Å². The molecule has 178 valence electrons. The summed E-state index contributed by atoms with van der Waals surface area (Å²) in [7, 11) is 0. The van der Waals surface area contributed by atoms with E-state index in [4.69, 9.17) is 4.74 Å². The minimum Gasteiger partial charge on any atom is -0.508 e. The maximum atomic E-state index is 10.2. The van der Waals surface area contributed by atoms with Crippen LogP contribution >= 0.6 is 0 Å². The molecule has 3 aromatic carbocycles. The molecule has 4 nitrogen and oxygen atoms in total. The van der Waals surface area contributed by atoms with Crippen LogP contribution in [0.15, 0.2) is 72.8 Å². The van der Waals surface area contributed by atoms with Gasteiger partial charge in [0.2, 0.25) is 0 Å². The van der Waals surface area contributed by atoms with E-state index in [-0.39, 0.29) is 11.0 Å². The number of benzene rings is 3. The molecule has 1 atom stereocenters. The summed E-state index contributed by atoms with van der Waals surface area (Å²) in [6.07, 6.45) is 4.81. The number of phenolic OH excluding ortho intramolecular Hbond substituents is 1. The maximum Gasteiger partial charge on any atom is 0.119 e. The molecule has 0 saturated carbocycles. The molecule has 0 aliphatic carbocycles. The number of likely N-dealkylation sites (tertiary alicyclic amines) is 1. The zero-order chi connectivity index (χ0) is 23.6. The van der Waals surface area contributed by atoms with Crippen LogP contribution in [0, 0.1) is 0 Å². The smallest absolute Gasteiger partial charge is 0.119 e. The Morgan fingerprint density at radius 3 is 2.38 bits per heavy atom. The maximum absolute atomic E-state index is 10.2. The quantitative estimate of drug-likeness (QED) is 0.422. The summed E-state index contributed by atoms with van der Waals surface area (Å²) in [5.74, 6) is 1.24. The van der Waals surface area contributed by atoms with Crippen LogP contribution in [0.2, 0.25) is 0 Å². The van der Waals surface area contributed by atoms with Crippen molar-refractivity contribution in [2.45, 2.75) is 50.5 Å². The first kappa shape index (κ1) is 22.8.